The zero-order valence-electron chi connectivity index (χ0n) is 15.1. The first-order valence-corrected chi connectivity index (χ1v) is 9.04. The van der Waals surface area contributed by atoms with Crippen LogP contribution < -0.4 is 5.73 Å². The molecule has 24 heavy (non-hydrogen) atoms. The van der Waals surface area contributed by atoms with E-state index in [-0.39, 0.29) is 6.04 Å². The van der Waals surface area contributed by atoms with Gasteiger partial charge in [0.1, 0.15) is 5.03 Å². The van der Waals surface area contributed by atoms with Crippen LogP contribution in [0.4, 0.5) is 0 Å². The predicted octanol–water partition coefficient (Wildman–Crippen LogP) is 3.49. The Hall–Kier alpha value is -1.88. The molecular weight excluding hydrogens is 320 g/mol. The highest BCUT2D eigenvalue weighted by Crippen LogP contribution is 2.37. The van der Waals surface area contributed by atoms with Gasteiger partial charge < -0.3 is 15.4 Å². The summed E-state index contributed by atoms with van der Waals surface area (Å²) in [5, 5.41) is 0.852. The second-order valence-corrected chi connectivity index (χ2v) is 7.22. The summed E-state index contributed by atoms with van der Waals surface area (Å²) in [7, 11) is 1.64. The molecule has 4 nitrogen and oxygen atoms in total. The van der Waals surface area contributed by atoms with Crippen LogP contribution >= 0.6 is 11.8 Å². The minimum Gasteiger partial charge on any atom is -0.494 e. The number of methoxy groups -OCH3 is 1. The van der Waals surface area contributed by atoms with E-state index >= 15 is 0 Å². The van der Waals surface area contributed by atoms with Gasteiger partial charge in [0.2, 0.25) is 6.41 Å². The SMILES string of the molecule is COC(=C1\SCC(C)N1C=O)/C(Cc1cccc(C)c1C)=C(\C)N. The number of hydrogen-bond acceptors (Lipinski definition) is 4. The van der Waals surface area contributed by atoms with Gasteiger partial charge in [-0.2, -0.15) is 0 Å². The van der Waals surface area contributed by atoms with Crippen molar-refractivity contribution in [1.29, 1.82) is 0 Å². The molecule has 1 aliphatic heterocycles. The van der Waals surface area contributed by atoms with Gasteiger partial charge in [0, 0.05) is 29.5 Å². The number of benzene rings is 1. The molecule has 0 bridgehead atoms. The topological polar surface area (TPSA) is 55.6 Å². The lowest BCUT2D eigenvalue weighted by atomic mass is 9.95. The molecule has 0 aromatic heterocycles. The van der Waals surface area contributed by atoms with Crippen molar-refractivity contribution in [3.05, 3.63) is 56.9 Å². The van der Waals surface area contributed by atoms with Gasteiger partial charge >= 0.3 is 0 Å². The van der Waals surface area contributed by atoms with Crippen LogP contribution in [0.2, 0.25) is 0 Å². The molecule has 1 fully saturated rings. The summed E-state index contributed by atoms with van der Waals surface area (Å²) >= 11 is 1.64. The molecule has 1 aromatic rings. The molecule has 0 aliphatic carbocycles. The van der Waals surface area contributed by atoms with Gasteiger partial charge in [-0.3, -0.25) is 4.79 Å². The van der Waals surface area contributed by atoms with Crippen molar-refractivity contribution in [2.24, 2.45) is 5.73 Å². The fourth-order valence-electron chi connectivity index (χ4n) is 2.82. The molecule has 2 rings (SSSR count). The minimum atomic E-state index is 0.160. The Labute approximate surface area is 148 Å². The number of aryl methyl sites for hydroxylation is 1. The number of carbonyl (C=O) groups is 1. The van der Waals surface area contributed by atoms with Crippen molar-refractivity contribution in [2.75, 3.05) is 12.9 Å². The number of hydrogen-bond donors (Lipinski definition) is 1. The molecule has 1 saturated heterocycles. The number of rotatable bonds is 5. The van der Waals surface area contributed by atoms with E-state index < -0.39 is 0 Å². The standard InChI is InChI=1S/C19H26N2O2S/c1-12-7-6-8-16(14(12)3)9-17(15(4)20)18(23-5)19-21(11-22)13(2)10-24-19/h6-8,11,13H,9-10,20H2,1-5H3/b17-15+,19-18-. The molecule has 1 heterocycles. The van der Waals surface area contributed by atoms with Crippen molar-refractivity contribution >= 4 is 18.2 Å². The van der Waals surface area contributed by atoms with Crippen LogP contribution in [0.25, 0.3) is 0 Å². The molecule has 1 aliphatic rings. The lowest BCUT2D eigenvalue weighted by molar-refractivity contribution is -0.117. The maximum atomic E-state index is 11.5. The molecule has 5 heteroatoms. The zero-order valence-corrected chi connectivity index (χ0v) is 15.9. The van der Waals surface area contributed by atoms with Crippen molar-refractivity contribution < 1.29 is 9.53 Å². The summed E-state index contributed by atoms with van der Waals surface area (Å²) in [6, 6.07) is 6.44. The van der Waals surface area contributed by atoms with Gasteiger partial charge in [0.25, 0.3) is 0 Å². The highest BCUT2D eigenvalue weighted by Gasteiger charge is 2.30. The Balaban J connectivity index is 2.49. The number of thioether (sulfide) groups is 1. The zero-order chi connectivity index (χ0) is 17.9. The van der Waals surface area contributed by atoms with Gasteiger partial charge in [-0.05, 0) is 44.4 Å². The van der Waals surface area contributed by atoms with Crippen LogP contribution in [-0.2, 0) is 16.0 Å². The average molecular weight is 346 g/mol. The van der Waals surface area contributed by atoms with Crippen LogP contribution in [-0.4, -0.2) is 30.2 Å². The first kappa shape index (κ1) is 18.5. The Bertz CT molecular complexity index is 691. The Kier molecular flexibility index (Phi) is 5.99. The molecule has 1 aromatic carbocycles. The molecule has 2 N–H and O–H groups in total. The lowest BCUT2D eigenvalue weighted by Gasteiger charge is -2.22. The van der Waals surface area contributed by atoms with Crippen molar-refractivity contribution in [3.8, 4) is 0 Å². The van der Waals surface area contributed by atoms with Crippen molar-refractivity contribution in [3.63, 3.8) is 0 Å². The van der Waals surface area contributed by atoms with E-state index in [1.165, 1.54) is 16.7 Å². The minimum absolute atomic E-state index is 0.160. The summed E-state index contributed by atoms with van der Waals surface area (Å²) in [6.45, 7) is 8.15. The molecule has 1 amide bonds. The average Bonchev–Trinajstić information content (AvgIpc) is 2.91. The number of nitrogens with zero attached hydrogens (tertiary/aromatic N) is 1. The monoisotopic (exact) mass is 346 g/mol. The van der Waals surface area contributed by atoms with Crippen LogP contribution in [0, 0.1) is 13.8 Å². The summed E-state index contributed by atoms with van der Waals surface area (Å²) in [5.74, 6) is 1.57. The van der Waals surface area contributed by atoms with Crippen molar-refractivity contribution in [2.45, 2.75) is 40.2 Å². The second-order valence-electron chi connectivity index (χ2n) is 6.21. The molecule has 0 radical (unpaired) electrons. The van der Waals surface area contributed by atoms with E-state index in [1.54, 1.807) is 23.8 Å². The number of ether oxygens (including phenoxy) is 1. The fourth-order valence-corrected chi connectivity index (χ4v) is 4.09. The van der Waals surface area contributed by atoms with Gasteiger partial charge in [-0.1, -0.05) is 18.2 Å². The van der Waals surface area contributed by atoms with E-state index in [9.17, 15) is 4.79 Å². The first-order valence-electron chi connectivity index (χ1n) is 8.06. The molecule has 1 unspecified atom stereocenters. The second kappa shape index (κ2) is 7.79. The third kappa shape index (κ3) is 3.61. The summed E-state index contributed by atoms with van der Waals surface area (Å²) < 4.78 is 5.70. The predicted molar refractivity (Wildman–Crippen MR) is 100 cm³/mol. The third-order valence-corrected chi connectivity index (χ3v) is 5.84. The van der Waals surface area contributed by atoms with Crippen molar-refractivity contribution in [1.82, 2.24) is 4.90 Å². The Morgan fingerprint density at radius 2 is 2.17 bits per heavy atom. The van der Waals surface area contributed by atoms with E-state index in [0.717, 1.165) is 22.8 Å². The number of allylic oxidation sites excluding steroid dienone is 2. The largest absolute Gasteiger partial charge is 0.494 e. The van der Waals surface area contributed by atoms with Gasteiger partial charge in [-0.15, -0.1) is 11.8 Å². The smallest absolute Gasteiger partial charge is 0.214 e. The Morgan fingerprint density at radius 3 is 2.75 bits per heavy atom. The molecular formula is C19H26N2O2S. The molecule has 0 spiro atoms. The van der Waals surface area contributed by atoms with Crippen LogP contribution in [0.3, 0.4) is 0 Å². The lowest BCUT2D eigenvalue weighted by Crippen LogP contribution is -2.26. The van der Waals surface area contributed by atoms with Crippen LogP contribution in [0.5, 0.6) is 0 Å². The summed E-state index contributed by atoms with van der Waals surface area (Å²) in [6.07, 6.45) is 1.56. The molecule has 1 atom stereocenters. The number of amides is 1. The van der Waals surface area contributed by atoms with Gasteiger partial charge in [0.05, 0.1) is 7.11 Å². The number of nitrogens with two attached hydrogens (primary N) is 1. The molecule has 0 saturated carbocycles. The summed E-state index contributed by atoms with van der Waals surface area (Å²) in [4.78, 5) is 13.2. The third-order valence-electron chi connectivity index (χ3n) is 4.52. The van der Waals surface area contributed by atoms with Gasteiger partial charge in [-0.25, -0.2) is 0 Å². The quantitative estimate of drug-likeness (QED) is 0.655. The van der Waals surface area contributed by atoms with Crippen LogP contribution in [0.1, 0.15) is 30.5 Å². The summed E-state index contributed by atoms with van der Waals surface area (Å²) in [5.41, 5.74) is 11.6. The maximum Gasteiger partial charge on any atom is 0.214 e. The fraction of sp³-hybridized carbons (Fsp3) is 0.421. The van der Waals surface area contributed by atoms with Gasteiger partial charge in [0.15, 0.2) is 5.76 Å². The number of carbonyl (C=O) groups excluding carboxylic acids is 1. The first-order chi connectivity index (χ1) is 11.4. The Morgan fingerprint density at radius 1 is 1.46 bits per heavy atom. The maximum absolute atomic E-state index is 11.5. The van der Waals surface area contributed by atoms with E-state index in [0.29, 0.717) is 17.9 Å². The normalized spacial score (nSPS) is 20.7. The van der Waals surface area contributed by atoms with Crippen LogP contribution in [0.15, 0.2) is 40.3 Å². The highest BCUT2D eigenvalue weighted by molar-refractivity contribution is 8.03. The van der Waals surface area contributed by atoms with E-state index in [2.05, 4.69) is 32.0 Å². The van der Waals surface area contributed by atoms with E-state index in [1.807, 2.05) is 13.8 Å². The highest BCUT2D eigenvalue weighted by atomic mass is 32.2. The van der Waals surface area contributed by atoms with E-state index in [4.69, 9.17) is 10.5 Å². The molecule has 130 valence electrons.